The number of hydrogen-bond donors (Lipinski definition) is 1. The number of carboxylic acid groups (broad SMARTS) is 1. The maximum atomic E-state index is 13.2. The number of aromatic carboxylic acids is 1. The Morgan fingerprint density at radius 2 is 1.48 bits per heavy atom. The molecule has 0 saturated heterocycles. The van der Waals surface area contributed by atoms with Crippen LogP contribution in [0.4, 0.5) is 10.1 Å². The summed E-state index contributed by atoms with van der Waals surface area (Å²) in [5.74, 6) is -1.04. The molecule has 4 nitrogen and oxygen atoms in total. The van der Waals surface area contributed by atoms with Gasteiger partial charge in [0.05, 0.1) is 10.5 Å². The number of thioether (sulfide) groups is 1. The minimum Gasteiger partial charge on any atom is -0.478 e. The van der Waals surface area contributed by atoms with Crippen molar-refractivity contribution in [2.75, 3.05) is 19.0 Å². The van der Waals surface area contributed by atoms with Gasteiger partial charge in [-0.25, -0.2) is 9.18 Å². The molecule has 6 heteroatoms. The molecule has 0 unspecified atom stereocenters. The van der Waals surface area contributed by atoms with Crippen molar-refractivity contribution in [1.29, 1.82) is 0 Å². The van der Waals surface area contributed by atoms with Crippen molar-refractivity contribution >= 4 is 35.3 Å². The lowest BCUT2D eigenvalue weighted by atomic mass is 10.1. The molecular weight excluding hydrogens is 413 g/mol. The standard InChI is InChI=1S/C25H22FNO3S/c1-27(2)22-13-5-17(6-14-22)15-23(31-16-18-3-11-21(26)12-4-18)24(28)19-7-9-20(10-8-19)25(29)30/h3-15H,16H2,1-2H3,(H,29,30)/b23-15+. The predicted molar refractivity (Wildman–Crippen MR) is 124 cm³/mol. The van der Waals surface area contributed by atoms with Crippen LogP contribution in [0.15, 0.2) is 77.7 Å². The second-order valence-corrected chi connectivity index (χ2v) is 8.14. The SMILES string of the molecule is CN(C)c1ccc(/C=C(/SCc2ccc(F)cc2)C(=O)c2ccc(C(=O)O)cc2)cc1. The van der Waals surface area contributed by atoms with E-state index in [-0.39, 0.29) is 17.2 Å². The summed E-state index contributed by atoms with van der Waals surface area (Å²) in [5.41, 5.74) is 3.36. The summed E-state index contributed by atoms with van der Waals surface area (Å²) in [5, 5.41) is 9.08. The van der Waals surface area contributed by atoms with Gasteiger partial charge < -0.3 is 10.0 Å². The Morgan fingerprint density at radius 1 is 0.903 bits per heavy atom. The first-order valence-electron chi connectivity index (χ1n) is 9.58. The van der Waals surface area contributed by atoms with Crippen LogP contribution in [-0.2, 0) is 5.75 Å². The van der Waals surface area contributed by atoms with Gasteiger partial charge in [0.2, 0.25) is 0 Å². The van der Waals surface area contributed by atoms with Crippen molar-refractivity contribution in [3.63, 3.8) is 0 Å². The van der Waals surface area contributed by atoms with E-state index in [0.29, 0.717) is 16.2 Å². The van der Waals surface area contributed by atoms with Crippen molar-refractivity contribution in [2.45, 2.75) is 5.75 Å². The third-order valence-corrected chi connectivity index (χ3v) is 5.72. The number of ketones is 1. The third kappa shape index (κ3) is 6.06. The van der Waals surface area contributed by atoms with E-state index in [1.165, 1.54) is 48.2 Å². The number of hydrogen-bond acceptors (Lipinski definition) is 4. The van der Waals surface area contributed by atoms with Gasteiger partial charge in [0.15, 0.2) is 5.78 Å². The lowest BCUT2D eigenvalue weighted by Crippen LogP contribution is -2.08. The van der Waals surface area contributed by atoms with Gasteiger partial charge >= 0.3 is 5.97 Å². The Kier molecular flexibility index (Phi) is 7.26. The van der Waals surface area contributed by atoms with E-state index in [1.807, 2.05) is 49.3 Å². The van der Waals surface area contributed by atoms with Crippen LogP contribution >= 0.6 is 11.8 Å². The number of carboxylic acids is 1. The lowest BCUT2D eigenvalue weighted by molar-refractivity contribution is 0.0696. The van der Waals surface area contributed by atoms with Gasteiger partial charge in [-0.2, -0.15) is 0 Å². The minimum absolute atomic E-state index is 0.125. The first-order valence-corrected chi connectivity index (χ1v) is 10.6. The second kappa shape index (κ2) is 10.1. The zero-order chi connectivity index (χ0) is 22.4. The Labute approximate surface area is 185 Å². The van der Waals surface area contributed by atoms with Crippen molar-refractivity contribution in [3.05, 3.63) is 106 Å². The molecule has 0 aliphatic heterocycles. The molecule has 0 aromatic heterocycles. The van der Waals surface area contributed by atoms with Gasteiger partial charge in [-0.05, 0) is 53.6 Å². The molecule has 3 rings (SSSR count). The molecule has 0 bridgehead atoms. The first-order chi connectivity index (χ1) is 14.8. The molecule has 0 aliphatic carbocycles. The van der Waals surface area contributed by atoms with Crippen molar-refractivity contribution in [2.24, 2.45) is 0 Å². The highest BCUT2D eigenvalue weighted by Crippen LogP contribution is 2.28. The van der Waals surface area contributed by atoms with Crippen molar-refractivity contribution < 1.29 is 19.1 Å². The van der Waals surface area contributed by atoms with Crippen LogP contribution in [0.3, 0.4) is 0 Å². The molecule has 0 atom stereocenters. The second-order valence-electron chi connectivity index (χ2n) is 7.12. The molecule has 3 aromatic rings. The van der Waals surface area contributed by atoms with Gasteiger partial charge in [-0.1, -0.05) is 36.4 Å². The number of benzene rings is 3. The van der Waals surface area contributed by atoms with Gasteiger partial charge in [-0.3, -0.25) is 4.79 Å². The number of anilines is 1. The van der Waals surface area contributed by atoms with E-state index in [0.717, 1.165) is 16.8 Å². The molecule has 0 spiro atoms. The molecule has 0 heterocycles. The fourth-order valence-corrected chi connectivity index (χ4v) is 3.82. The Hall–Kier alpha value is -3.38. The highest BCUT2D eigenvalue weighted by atomic mass is 32.2. The van der Waals surface area contributed by atoms with Crippen LogP contribution in [0.25, 0.3) is 6.08 Å². The molecule has 0 saturated carbocycles. The normalized spacial score (nSPS) is 11.3. The average Bonchev–Trinajstić information content (AvgIpc) is 2.77. The van der Waals surface area contributed by atoms with E-state index >= 15 is 0 Å². The average molecular weight is 436 g/mol. The predicted octanol–water partition coefficient (Wildman–Crippen LogP) is 5.75. The van der Waals surface area contributed by atoms with Crippen LogP contribution in [-0.4, -0.2) is 31.0 Å². The van der Waals surface area contributed by atoms with E-state index in [4.69, 9.17) is 5.11 Å². The number of rotatable bonds is 8. The van der Waals surface area contributed by atoms with Crippen LogP contribution < -0.4 is 4.90 Å². The van der Waals surface area contributed by atoms with E-state index < -0.39 is 5.97 Å². The number of nitrogens with zero attached hydrogens (tertiary/aromatic N) is 1. The molecule has 0 radical (unpaired) electrons. The highest BCUT2D eigenvalue weighted by molar-refractivity contribution is 8.03. The molecule has 158 valence electrons. The summed E-state index contributed by atoms with van der Waals surface area (Å²) >= 11 is 1.36. The van der Waals surface area contributed by atoms with Gasteiger partial charge in [0.25, 0.3) is 0 Å². The van der Waals surface area contributed by atoms with E-state index in [1.54, 1.807) is 12.1 Å². The number of allylic oxidation sites excluding steroid dienone is 1. The molecular formula is C25H22FNO3S. The lowest BCUT2D eigenvalue weighted by Gasteiger charge is -2.12. The number of carbonyl (C=O) groups excluding carboxylic acids is 1. The summed E-state index contributed by atoms with van der Waals surface area (Å²) in [6.07, 6.45) is 1.82. The summed E-state index contributed by atoms with van der Waals surface area (Å²) < 4.78 is 13.2. The monoisotopic (exact) mass is 435 g/mol. The summed E-state index contributed by atoms with van der Waals surface area (Å²) in [6, 6.07) is 19.9. The van der Waals surface area contributed by atoms with Crippen LogP contribution in [0.5, 0.6) is 0 Å². The van der Waals surface area contributed by atoms with Crippen LogP contribution in [0.1, 0.15) is 31.8 Å². The smallest absolute Gasteiger partial charge is 0.335 e. The molecule has 1 N–H and O–H groups in total. The largest absolute Gasteiger partial charge is 0.478 e. The zero-order valence-electron chi connectivity index (χ0n) is 17.2. The fourth-order valence-electron chi connectivity index (χ4n) is 2.84. The Bertz CT molecular complexity index is 1090. The quantitative estimate of drug-likeness (QED) is 0.361. The molecule has 31 heavy (non-hydrogen) atoms. The van der Waals surface area contributed by atoms with Gasteiger partial charge in [-0.15, -0.1) is 11.8 Å². The van der Waals surface area contributed by atoms with E-state index in [2.05, 4.69) is 0 Å². The third-order valence-electron chi connectivity index (χ3n) is 4.63. The van der Waals surface area contributed by atoms with Gasteiger partial charge in [0.1, 0.15) is 5.82 Å². The Balaban J connectivity index is 1.89. The number of halogens is 1. The van der Waals surface area contributed by atoms with Gasteiger partial charge in [0, 0.05) is 31.1 Å². The topological polar surface area (TPSA) is 57.6 Å². The maximum Gasteiger partial charge on any atom is 0.335 e. The first kappa shape index (κ1) is 22.3. The van der Waals surface area contributed by atoms with Crippen molar-refractivity contribution in [1.82, 2.24) is 0 Å². The summed E-state index contributed by atoms with van der Waals surface area (Å²) in [6.45, 7) is 0. The summed E-state index contributed by atoms with van der Waals surface area (Å²) in [7, 11) is 3.91. The number of Topliss-reactive ketones (excluding diaryl/α,β-unsaturated/α-hetero) is 1. The van der Waals surface area contributed by atoms with Crippen molar-refractivity contribution in [3.8, 4) is 0 Å². The van der Waals surface area contributed by atoms with Crippen LogP contribution in [0.2, 0.25) is 0 Å². The summed E-state index contributed by atoms with van der Waals surface area (Å²) in [4.78, 5) is 26.8. The molecule has 0 fully saturated rings. The fraction of sp³-hybridized carbons (Fsp3) is 0.120. The zero-order valence-corrected chi connectivity index (χ0v) is 18.0. The maximum absolute atomic E-state index is 13.2. The van der Waals surface area contributed by atoms with Crippen LogP contribution in [0, 0.1) is 5.82 Å². The molecule has 3 aromatic carbocycles. The minimum atomic E-state index is -1.04. The number of carbonyl (C=O) groups is 2. The highest BCUT2D eigenvalue weighted by Gasteiger charge is 2.15. The van der Waals surface area contributed by atoms with E-state index in [9.17, 15) is 14.0 Å². The molecule has 0 amide bonds. The molecule has 0 aliphatic rings. The Morgan fingerprint density at radius 3 is 2.03 bits per heavy atom.